The number of pyridine rings is 2. The van der Waals surface area contributed by atoms with Gasteiger partial charge in [-0.2, -0.15) is 0 Å². The lowest BCUT2D eigenvalue weighted by atomic mass is 9.85. The second-order valence-electron chi connectivity index (χ2n) is 8.95. The minimum absolute atomic E-state index is 0.00838. The fourth-order valence-electron chi connectivity index (χ4n) is 5.28. The summed E-state index contributed by atoms with van der Waals surface area (Å²) in [7, 11) is 1.54. The smallest absolute Gasteiger partial charge is 0.343 e. The fraction of sp³-hybridized carbons (Fsp3) is 0.222. The first-order valence-electron chi connectivity index (χ1n) is 11.5. The second kappa shape index (κ2) is 7.63. The number of rotatable bonds is 3. The number of aromatic nitrogens is 2. The van der Waals surface area contributed by atoms with E-state index in [1.54, 1.807) is 32.2 Å². The van der Waals surface area contributed by atoms with Crippen LogP contribution in [0.15, 0.2) is 58.1 Å². The van der Waals surface area contributed by atoms with Crippen LogP contribution in [0.1, 0.15) is 30.2 Å². The zero-order chi connectivity index (χ0) is 25.4. The van der Waals surface area contributed by atoms with Gasteiger partial charge in [-0.1, -0.05) is 13.0 Å². The van der Waals surface area contributed by atoms with Crippen LogP contribution in [-0.2, 0) is 28.3 Å². The Labute approximate surface area is 203 Å². The molecule has 1 N–H and O–H groups in total. The molecule has 2 aliphatic heterocycles. The molecule has 0 fully saturated rings. The number of hydrogen-bond acceptors (Lipinski definition) is 6. The number of fused-ring (bicyclic) bond motifs is 5. The Balaban J connectivity index is 1.74. The van der Waals surface area contributed by atoms with Crippen LogP contribution in [0.25, 0.3) is 27.8 Å². The van der Waals surface area contributed by atoms with Gasteiger partial charge in [0.2, 0.25) is 0 Å². The molecule has 2 aromatic heterocycles. The van der Waals surface area contributed by atoms with E-state index in [0.717, 1.165) is 0 Å². The Morgan fingerprint density at radius 2 is 1.94 bits per heavy atom. The van der Waals surface area contributed by atoms with Crippen molar-refractivity contribution in [1.82, 2.24) is 9.13 Å². The molecular formula is C27H21FN2O6. The Bertz CT molecular complexity index is 1740. The molecule has 4 heterocycles. The van der Waals surface area contributed by atoms with Crippen LogP contribution in [0.3, 0.4) is 0 Å². The van der Waals surface area contributed by atoms with Crippen LogP contribution >= 0.6 is 0 Å². The molecule has 0 amide bonds. The minimum Gasteiger partial charge on any atom is -0.497 e. The molecule has 0 bridgehead atoms. The molecule has 0 radical (unpaired) electrons. The highest BCUT2D eigenvalue weighted by Crippen LogP contribution is 2.39. The number of aliphatic hydroxyl groups is 1. The molecule has 0 saturated heterocycles. The molecule has 8 nitrogen and oxygen atoms in total. The van der Waals surface area contributed by atoms with E-state index in [2.05, 4.69) is 0 Å². The molecule has 36 heavy (non-hydrogen) atoms. The van der Waals surface area contributed by atoms with Crippen molar-refractivity contribution in [2.45, 2.75) is 32.1 Å². The van der Waals surface area contributed by atoms with E-state index in [9.17, 15) is 23.9 Å². The zero-order valence-corrected chi connectivity index (χ0v) is 19.5. The average Bonchev–Trinajstić information content (AvgIpc) is 3.27. The number of hydrogen-bond donors (Lipinski definition) is 1. The van der Waals surface area contributed by atoms with Gasteiger partial charge in [0, 0.05) is 22.7 Å². The normalized spacial score (nSPS) is 17.9. The van der Waals surface area contributed by atoms with E-state index in [4.69, 9.17) is 9.47 Å². The number of nitrogens with zero attached hydrogens (tertiary/aromatic N) is 2. The number of cyclic esters (lactones) is 1. The predicted molar refractivity (Wildman–Crippen MR) is 129 cm³/mol. The van der Waals surface area contributed by atoms with Crippen LogP contribution in [0.4, 0.5) is 4.39 Å². The second-order valence-corrected chi connectivity index (χ2v) is 8.95. The predicted octanol–water partition coefficient (Wildman–Crippen LogP) is 2.98. The van der Waals surface area contributed by atoms with Crippen LogP contribution in [-0.4, -0.2) is 27.3 Å². The quantitative estimate of drug-likeness (QED) is 0.392. The number of esters is 1. The van der Waals surface area contributed by atoms with E-state index in [1.165, 1.54) is 28.8 Å². The van der Waals surface area contributed by atoms with E-state index >= 15 is 0 Å². The van der Waals surface area contributed by atoms with Crippen LogP contribution in [0.5, 0.6) is 5.75 Å². The van der Waals surface area contributed by atoms with Crippen LogP contribution in [0, 0.1) is 5.82 Å². The fourth-order valence-corrected chi connectivity index (χ4v) is 5.28. The maximum atomic E-state index is 14.3. The summed E-state index contributed by atoms with van der Waals surface area (Å²) in [5.74, 6) is -0.822. The van der Waals surface area contributed by atoms with Gasteiger partial charge in [0.05, 0.1) is 41.7 Å². The highest BCUT2D eigenvalue weighted by molar-refractivity contribution is 5.89. The maximum absolute atomic E-state index is 14.3. The van der Waals surface area contributed by atoms with Gasteiger partial charge in [0.15, 0.2) is 11.0 Å². The molecule has 0 unspecified atom stereocenters. The van der Waals surface area contributed by atoms with Crippen molar-refractivity contribution in [2.75, 3.05) is 7.11 Å². The van der Waals surface area contributed by atoms with Gasteiger partial charge in [-0.05, 0) is 42.8 Å². The first kappa shape index (κ1) is 22.2. The third-order valence-electron chi connectivity index (χ3n) is 7.15. The van der Waals surface area contributed by atoms with Gasteiger partial charge in [-0.15, -0.1) is 0 Å². The van der Waals surface area contributed by atoms with E-state index in [0.29, 0.717) is 22.6 Å². The van der Waals surface area contributed by atoms with E-state index in [1.807, 2.05) is 10.6 Å². The molecule has 6 rings (SSSR count). The monoisotopic (exact) mass is 488 g/mol. The summed E-state index contributed by atoms with van der Waals surface area (Å²) in [6.07, 6.45) is -0.00838. The van der Waals surface area contributed by atoms with Crippen LogP contribution in [0.2, 0.25) is 0 Å². The van der Waals surface area contributed by atoms with Crippen molar-refractivity contribution < 1.29 is 23.8 Å². The van der Waals surface area contributed by atoms with Crippen molar-refractivity contribution >= 4 is 16.9 Å². The molecule has 2 aliphatic rings. The summed E-state index contributed by atoms with van der Waals surface area (Å²) in [5.41, 5.74) is -0.439. The molecule has 0 aliphatic carbocycles. The van der Waals surface area contributed by atoms with Crippen molar-refractivity contribution in [3.8, 4) is 22.7 Å². The minimum atomic E-state index is -2.00. The van der Waals surface area contributed by atoms with Gasteiger partial charge < -0.3 is 23.7 Å². The molecular weight excluding hydrogens is 467 g/mol. The molecule has 4 aromatic rings. The molecule has 0 saturated carbocycles. The van der Waals surface area contributed by atoms with E-state index in [-0.39, 0.29) is 47.3 Å². The number of ether oxygens (including phenoxy) is 2. The van der Waals surface area contributed by atoms with Gasteiger partial charge in [-0.3, -0.25) is 9.59 Å². The third kappa shape index (κ3) is 2.86. The molecule has 9 heteroatoms. The molecule has 2 aromatic carbocycles. The first-order valence-corrected chi connectivity index (χ1v) is 11.5. The largest absolute Gasteiger partial charge is 0.497 e. The van der Waals surface area contributed by atoms with Gasteiger partial charge >= 0.3 is 5.97 Å². The summed E-state index contributed by atoms with van der Waals surface area (Å²) in [6, 6.07) is 12.7. The maximum Gasteiger partial charge on any atom is 0.343 e. The van der Waals surface area contributed by atoms with Gasteiger partial charge in [0.25, 0.3) is 5.56 Å². The van der Waals surface area contributed by atoms with Gasteiger partial charge in [0.1, 0.15) is 18.2 Å². The first-order chi connectivity index (χ1) is 17.3. The zero-order valence-electron chi connectivity index (χ0n) is 19.5. The topological polar surface area (TPSA) is 99.8 Å². The lowest BCUT2D eigenvalue weighted by Gasteiger charge is -2.31. The number of methoxy groups -OCH3 is 1. The number of carbonyl (C=O) groups is 1. The van der Waals surface area contributed by atoms with E-state index < -0.39 is 28.4 Å². The number of carbonyl (C=O) groups excluding carboxylic acids is 1. The third-order valence-corrected chi connectivity index (χ3v) is 7.15. The Kier molecular flexibility index (Phi) is 4.71. The number of halogens is 1. The summed E-state index contributed by atoms with van der Waals surface area (Å²) >= 11 is 0. The Morgan fingerprint density at radius 1 is 1.14 bits per heavy atom. The molecule has 182 valence electrons. The number of benzene rings is 2. The molecule has 0 spiro atoms. The van der Waals surface area contributed by atoms with Crippen molar-refractivity contribution in [1.29, 1.82) is 0 Å². The highest BCUT2D eigenvalue weighted by Gasteiger charge is 2.45. The standard InChI is InChI=1S/C27H21FN2O6/c1-3-27(34)19-11-21-23-22(12-29(21)25(32)18(19)13-36-26(27)33)30(15-5-4-6-16(10-15)35-2)20-8-7-14(28)9-17(20)24(23)31/h4-11,34H,3,12-13H2,1-2H3/t27-/m0/s1. The summed E-state index contributed by atoms with van der Waals surface area (Å²) in [6.45, 7) is 1.41. The summed E-state index contributed by atoms with van der Waals surface area (Å²) in [4.78, 5) is 39.7. The Hall–Kier alpha value is -4.24. The van der Waals surface area contributed by atoms with Gasteiger partial charge in [-0.25, -0.2) is 9.18 Å². The SMILES string of the molecule is CC[C@@]1(O)C(=O)OCc2c1cc1n(c2=O)Cc2c-1c(=O)c1cc(F)ccc1n2-c1cccc(OC)c1. The van der Waals surface area contributed by atoms with Crippen molar-refractivity contribution in [3.63, 3.8) is 0 Å². The van der Waals surface area contributed by atoms with Crippen LogP contribution < -0.4 is 15.7 Å². The highest BCUT2D eigenvalue weighted by atomic mass is 19.1. The lowest BCUT2D eigenvalue weighted by molar-refractivity contribution is -0.172. The summed E-state index contributed by atoms with van der Waals surface area (Å²) < 4.78 is 28.0. The lowest BCUT2D eigenvalue weighted by Crippen LogP contribution is -2.44. The Morgan fingerprint density at radius 3 is 2.69 bits per heavy atom. The summed E-state index contributed by atoms with van der Waals surface area (Å²) in [5, 5.41) is 11.2. The van der Waals surface area contributed by atoms with Crippen molar-refractivity contribution in [2.24, 2.45) is 0 Å². The average molecular weight is 488 g/mol. The van der Waals surface area contributed by atoms with Crippen molar-refractivity contribution in [3.05, 3.63) is 91.7 Å². The molecule has 1 atom stereocenters.